The van der Waals surface area contributed by atoms with Gasteiger partial charge in [-0.15, -0.1) is 5.10 Å². The molecule has 3 heterocycles. The highest BCUT2D eigenvalue weighted by Crippen LogP contribution is 2.24. The van der Waals surface area contributed by atoms with Crippen molar-refractivity contribution in [2.24, 2.45) is 5.73 Å². The molecular formula is C28H25N7O2. The Bertz CT molecular complexity index is 1740. The van der Waals surface area contributed by atoms with Crippen LogP contribution in [0.4, 0.5) is 5.82 Å². The van der Waals surface area contributed by atoms with Crippen LogP contribution in [0, 0.1) is 11.8 Å². The summed E-state index contributed by atoms with van der Waals surface area (Å²) in [5, 5.41) is 8.38. The number of nitrogens with zero attached hydrogens (tertiary/aromatic N) is 4. The predicted octanol–water partition coefficient (Wildman–Crippen LogP) is 2.81. The zero-order valence-electron chi connectivity index (χ0n) is 20.2. The summed E-state index contributed by atoms with van der Waals surface area (Å²) in [5.41, 5.74) is 13.8. The van der Waals surface area contributed by atoms with Crippen molar-refractivity contribution in [3.8, 4) is 17.5 Å². The molecule has 0 saturated carbocycles. The zero-order valence-corrected chi connectivity index (χ0v) is 20.2. The van der Waals surface area contributed by atoms with Gasteiger partial charge in [-0.05, 0) is 42.6 Å². The minimum Gasteiger partial charge on any atom is -0.381 e. The number of nitrogens with one attached hydrogen (secondary N) is 1. The number of amides is 1. The third kappa shape index (κ3) is 4.42. The van der Waals surface area contributed by atoms with Crippen LogP contribution in [0.25, 0.3) is 22.1 Å². The van der Waals surface area contributed by atoms with E-state index in [1.165, 1.54) is 4.52 Å². The largest absolute Gasteiger partial charge is 0.381 e. The van der Waals surface area contributed by atoms with Gasteiger partial charge < -0.3 is 16.8 Å². The molecule has 9 heteroatoms. The van der Waals surface area contributed by atoms with Crippen LogP contribution >= 0.6 is 0 Å². The molecular weight excluding hydrogens is 466 g/mol. The molecule has 0 aliphatic heterocycles. The fourth-order valence-corrected chi connectivity index (χ4v) is 4.34. The van der Waals surface area contributed by atoms with Crippen molar-refractivity contribution in [1.29, 1.82) is 0 Å². The lowest BCUT2D eigenvalue weighted by molar-refractivity contribution is 0.0941. The van der Waals surface area contributed by atoms with Crippen molar-refractivity contribution in [3.05, 3.63) is 100 Å². The Morgan fingerprint density at radius 1 is 1.14 bits per heavy atom. The summed E-state index contributed by atoms with van der Waals surface area (Å²) in [7, 11) is 0. The van der Waals surface area contributed by atoms with Crippen LogP contribution in [0.2, 0.25) is 0 Å². The summed E-state index contributed by atoms with van der Waals surface area (Å²) in [6.07, 6.45) is 3.77. The van der Waals surface area contributed by atoms with E-state index in [4.69, 9.17) is 11.5 Å². The molecule has 37 heavy (non-hydrogen) atoms. The maximum atomic E-state index is 14.0. The summed E-state index contributed by atoms with van der Waals surface area (Å²) in [4.78, 5) is 31.5. The Labute approximate surface area is 212 Å². The van der Waals surface area contributed by atoms with Gasteiger partial charge in [0, 0.05) is 42.3 Å². The zero-order chi connectivity index (χ0) is 25.9. The number of carbonyl (C=O) groups excluding carboxylic acids is 1. The second-order valence-corrected chi connectivity index (χ2v) is 8.50. The van der Waals surface area contributed by atoms with E-state index in [1.54, 1.807) is 23.0 Å². The third-order valence-electron chi connectivity index (χ3n) is 6.02. The molecule has 0 spiro atoms. The van der Waals surface area contributed by atoms with E-state index in [0.29, 0.717) is 40.9 Å². The van der Waals surface area contributed by atoms with Gasteiger partial charge in [0.1, 0.15) is 5.56 Å². The van der Waals surface area contributed by atoms with Crippen molar-refractivity contribution in [2.45, 2.75) is 19.4 Å². The van der Waals surface area contributed by atoms with Crippen LogP contribution in [-0.4, -0.2) is 31.6 Å². The first kappa shape index (κ1) is 23.8. The average molecular weight is 492 g/mol. The SMILES string of the molecule is CC(NC(=O)c1c(N)nn2cccnc12)c1cc2cccc(C#CCCN)c2c(=O)n1-c1ccccc1. The van der Waals surface area contributed by atoms with Crippen LogP contribution in [0.15, 0.2) is 77.9 Å². The fourth-order valence-electron chi connectivity index (χ4n) is 4.34. The molecule has 3 aromatic heterocycles. The van der Waals surface area contributed by atoms with E-state index in [1.807, 2.05) is 61.5 Å². The summed E-state index contributed by atoms with van der Waals surface area (Å²) >= 11 is 0. The van der Waals surface area contributed by atoms with Crippen LogP contribution in [0.3, 0.4) is 0 Å². The monoisotopic (exact) mass is 491 g/mol. The standard InChI is InChI=1S/C28H25N7O2/c1-18(32-27(36)24-25(30)33-34-16-8-15-31-26(24)34)22-17-20-11-7-10-19(9-5-6-14-29)23(20)28(37)35(22)21-12-3-2-4-13-21/h2-4,7-8,10-13,15-18H,6,14,29H2,1H3,(H2,30,33)(H,32,36). The van der Waals surface area contributed by atoms with Crippen molar-refractivity contribution in [1.82, 2.24) is 24.5 Å². The van der Waals surface area contributed by atoms with E-state index in [9.17, 15) is 9.59 Å². The van der Waals surface area contributed by atoms with Gasteiger partial charge in [-0.25, -0.2) is 9.50 Å². The van der Waals surface area contributed by atoms with Gasteiger partial charge in [0.05, 0.1) is 11.4 Å². The number of para-hydroxylation sites is 1. The van der Waals surface area contributed by atoms with E-state index in [0.717, 1.165) is 5.39 Å². The molecule has 5 rings (SSSR count). The molecule has 0 saturated heterocycles. The number of hydrogen-bond acceptors (Lipinski definition) is 6. The molecule has 184 valence electrons. The van der Waals surface area contributed by atoms with Crippen LogP contribution in [-0.2, 0) is 0 Å². The van der Waals surface area contributed by atoms with Gasteiger partial charge in [0.2, 0.25) is 0 Å². The maximum absolute atomic E-state index is 14.0. The number of nitrogens with two attached hydrogens (primary N) is 2. The van der Waals surface area contributed by atoms with Crippen molar-refractivity contribution >= 4 is 28.1 Å². The predicted molar refractivity (Wildman–Crippen MR) is 143 cm³/mol. The minimum atomic E-state index is -0.560. The number of nitrogen functional groups attached to an aromatic ring is 1. The average Bonchev–Trinajstić information content (AvgIpc) is 3.24. The maximum Gasteiger partial charge on any atom is 0.264 e. The van der Waals surface area contributed by atoms with Crippen molar-refractivity contribution in [3.63, 3.8) is 0 Å². The summed E-state index contributed by atoms with van der Waals surface area (Å²) < 4.78 is 3.07. The van der Waals surface area contributed by atoms with Crippen LogP contribution in [0.5, 0.6) is 0 Å². The van der Waals surface area contributed by atoms with Gasteiger partial charge in [-0.2, -0.15) is 0 Å². The molecule has 1 amide bonds. The van der Waals surface area contributed by atoms with Gasteiger partial charge in [-0.3, -0.25) is 14.2 Å². The molecule has 5 aromatic rings. The molecule has 0 aliphatic rings. The number of pyridine rings is 1. The molecule has 0 fully saturated rings. The normalized spacial score (nSPS) is 11.7. The second-order valence-electron chi connectivity index (χ2n) is 8.50. The van der Waals surface area contributed by atoms with E-state index in [2.05, 4.69) is 27.2 Å². The van der Waals surface area contributed by atoms with E-state index >= 15 is 0 Å². The molecule has 1 atom stereocenters. The molecule has 5 N–H and O–H groups in total. The third-order valence-corrected chi connectivity index (χ3v) is 6.02. The van der Waals surface area contributed by atoms with Crippen molar-refractivity contribution < 1.29 is 4.79 Å². The quantitative estimate of drug-likeness (QED) is 0.324. The highest BCUT2D eigenvalue weighted by atomic mass is 16.2. The number of hydrogen-bond donors (Lipinski definition) is 3. The Morgan fingerprint density at radius 2 is 1.95 bits per heavy atom. The fraction of sp³-hybridized carbons (Fsp3) is 0.143. The van der Waals surface area contributed by atoms with Gasteiger partial charge in [0.25, 0.3) is 11.5 Å². The molecule has 1 unspecified atom stereocenters. The van der Waals surface area contributed by atoms with Gasteiger partial charge in [0.15, 0.2) is 11.5 Å². The number of fused-ring (bicyclic) bond motifs is 2. The first-order valence-corrected chi connectivity index (χ1v) is 11.8. The minimum absolute atomic E-state index is 0.0723. The van der Waals surface area contributed by atoms with E-state index in [-0.39, 0.29) is 16.9 Å². The number of aromatic nitrogens is 4. The highest BCUT2D eigenvalue weighted by Gasteiger charge is 2.23. The molecule has 9 nitrogen and oxygen atoms in total. The smallest absolute Gasteiger partial charge is 0.264 e. The molecule has 0 bridgehead atoms. The molecule has 0 radical (unpaired) electrons. The van der Waals surface area contributed by atoms with Crippen LogP contribution < -0.4 is 22.3 Å². The number of rotatable bonds is 5. The Hall–Kier alpha value is -4.94. The number of carbonyl (C=O) groups is 1. The Kier molecular flexibility index (Phi) is 6.41. The number of anilines is 1. The summed E-state index contributed by atoms with van der Waals surface area (Å²) in [6.45, 7) is 2.26. The lowest BCUT2D eigenvalue weighted by Gasteiger charge is -2.21. The van der Waals surface area contributed by atoms with Gasteiger partial charge in [-0.1, -0.05) is 42.2 Å². The van der Waals surface area contributed by atoms with Crippen LogP contribution in [0.1, 0.15) is 41.0 Å². The first-order chi connectivity index (χ1) is 18.0. The summed E-state index contributed by atoms with van der Waals surface area (Å²) in [5.74, 6) is 5.75. The topological polar surface area (TPSA) is 133 Å². The lowest BCUT2D eigenvalue weighted by Crippen LogP contribution is -2.32. The lowest BCUT2D eigenvalue weighted by atomic mass is 10.0. The Morgan fingerprint density at radius 3 is 2.73 bits per heavy atom. The van der Waals surface area contributed by atoms with E-state index < -0.39 is 11.9 Å². The first-order valence-electron chi connectivity index (χ1n) is 11.8. The summed E-state index contributed by atoms with van der Waals surface area (Å²) in [6, 6.07) is 17.9. The second kappa shape index (κ2) is 9.97. The molecule has 0 aliphatic carbocycles. The molecule has 2 aromatic carbocycles. The van der Waals surface area contributed by atoms with Crippen molar-refractivity contribution in [2.75, 3.05) is 12.3 Å². The number of benzene rings is 2. The van der Waals surface area contributed by atoms with Gasteiger partial charge >= 0.3 is 0 Å². The Balaban J connectivity index is 1.64. The highest BCUT2D eigenvalue weighted by molar-refractivity contribution is 6.04.